The molecule has 0 spiro atoms. The minimum absolute atomic E-state index is 0.0423. The van der Waals surface area contributed by atoms with E-state index in [9.17, 15) is 18.8 Å². The van der Waals surface area contributed by atoms with Crippen LogP contribution in [-0.2, 0) is 0 Å². The van der Waals surface area contributed by atoms with E-state index < -0.39 is 11.7 Å². The van der Waals surface area contributed by atoms with E-state index in [1.165, 1.54) is 24.3 Å². The number of halogens is 1. The van der Waals surface area contributed by atoms with Crippen LogP contribution in [0.15, 0.2) is 66.7 Å². The largest absolute Gasteiger partial charge is 0.497 e. The van der Waals surface area contributed by atoms with Crippen LogP contribution in [0.3, 0.4) is 0 Å². The Morgan fingerprint density at radius 1 is 0.900 bits per heavy atom. The molecule has 1 N–H and O–H groups in total. The topological polar surface area (TPSA) is 82.2 Å². The van der Waals surface area contributed by atoms with E-state index in [4.69, 9.17) is 4.74 Å². The summed E-state index contributed by atoms with van der Waals surface area (Å²) in [6.07, 6.45) is 0.735. The average Bonchev–Trinajstić information content (AvgIpc) is 3.24. The molecule has 1 heterocycles. The zero-order chi connectivity index (χ0) is 28.6. The van der Waals surface area contributed by atoms with Crippen LogP contribution >= 0.6 is 0 Å². The van der Waals surface area contributed by atoms with Crippen LogP contribution in [0, 0.1) is 5.82 Å². The molecular weight excluding hydrogens is 511 g/mol. The number of carbonyl (C=O) groups excluding carboxylic acids is 3. The highest BCUT2D eigenvalue weighted by Crippen LogP contribution is 2.28. The van der Waals surface area contributed by atoms with E-state index >= 15 is 0 Å². The van der Waals surface area contributed by atoms with Crippen LogP contribution in [0.4, 0.5) is 15.8 Å². The minimum Gasteiger partial charge on any atom is -0.497 e. The van der Waals surface area contributed by atoms with Crippen LogP contribution < -0.4 is 15.0 Å². The van der Waals surface area contributed by atoms with Gasteiger partial charge in [-0.2, -0.15) is 0 Å². The minimum atomic E-state index is -0.499. The average molecular weight is 547 g/mol. The number of benzene rings is 3. The van der Waals surface area contributed by atoms with Gasteiger partial charge in [-0.3, -0.25) is 14.4 Å². The Labute approximate surface area is 234 Å². The van der Waals surface area contributed by atoms with Crippen molar-refractivity contribution < 1.29 is 23.5 Å². The first kappa shape index (κ1) is 28.6. The van der Waals surface area contributed by atoms with Crippen molar-refractivity contribution in [3.8, 4) is 5.75 Å². The number of carbonyl (C=O) groups is 3. The Morgan fingerprint density at radius 2 is 1.65 bits per heavy atom. The van der Waals surface area contributed by atoms with E-state index in [1.54, 1.807) is 48.4 Å². The van der Waals surface area contributed by atoms with Crippen molar-refractivity contribution in [2.75, 3.05) is 56.6 Å². The van der Waals surface area contributed by atoms with E-state index in [1.807, 2.05) is 24.8 Å². The predicted molar refractivity (Wildman–Crippen MR) is 154 cm³/mol. The van der Waals surface area contributed by atoms with Gasteiger partial charge in [0.2, 0.25) is 0 Å². The standard InChI is InChI=1S/C31H35FN4O4/c1-4-34(5-2)31(39)27-21-25(33-29(37)23-8-6-9-24(32)20-23)12-15-28(27)35-16-7-17-36(19-18-35)30(38)22-10-13-26(40-3)14-11-22/h6,8-15,20-21H,4-5,7,16-19H2,1-3H3,(H,33,37). The summed E-state index contributed by atoms with van der Waals surface area (Å²) in [6.45, 7) is 7.24. The van der Waals surface area contributed by atoms with Crippen LogP contribution in [0.5, 0.6) is 5.75 Å². The normalized spacial score (nSPS) is 13.4. The Morgan fingerprint density at radius 3 is 2.33 bits per heavy atom. The van der Waals surface area contributed by atoms with Gasteiger partial charge in [-0.15, -0.1) is 0 Å². The van der Waals surface area contributed by atoms with Crippen molar-refractivity contribution in [1.82, 2.24) is 9.80 Å². The summed E-state index contributed by atoms with van der Waals surface area (Å²) in [5.41, 5.74) is 2.45. The molecule has 1 aliphatic heterocycles. The molecule has 1 saturated heterocycles. The van der Waals surface area contributed by atoms with Gasteiger partial charge in [0.15, 0.2) is 0 Å². The lowest BCUT2D eigenvalue weighted by Crippen LogP contribution is -2.36. The zero-order valence-electron chi connectivity index (χ0n) is 23.2. The highest BCUT2D eigenvalue weighted by Gasteiger charge is 2.25. The summed E-state index contributed by atoms with van der Waals surface area (Å²) in [7, 11) is 1.59. The maximum Gasteiger partial charge on any atom is 0.256 e. The summed E-state index contributed by atoms with van der Waals surface area (Å²) < 4.78 is 18.8. The van der Waals surface area contributed by atoms with Crippen molar-refractivity contribution in [3.63, 3.8) is 0 Å². The zero-order valence-corrected chi connectivity index (χ0v) is 23.2. The predicted octanol–water partition coefficient (Wildman–Crippen LogP) is 4.92. The van der Waals surface area contributed by atoms with Crippen LogP contribution in [0.25, 0.3) is 0 Å². The van der Waals surface area contributed by atoms with E-state index in [-0.39, 0.29) is 17.4 Å². The Kier molecular flexibility index (Phi) is 9.37. The number of ether oxygens (including phenoxy) is 1. The van der Waals surface area contributed by atoms with Gasteiger partial charge >= 0.3 is 0 Å². The first-order valence-corrected chi connectivity index (χ1v) is 13.5. The molecule has 40 heavy (non-hydrogen) atoms. The number of anilines is 2. The molecule has 210 valence electrons. The monoisotopic (exact) mass is 546 g/mol. The first-order valence-electron chi connectivity index (χ1n) is 13.5. The number of hydrogen-bond acceptors (Lipinski definition) is 5. The maximum absolute atomic E-state index is 13.6. The molecule has 8 nitrogen and oxygen atoms in total. The number of hydrogen-bond donors (Lipinski definition) is 1. The molecule has 0 unspecified atom stereocenters. The molecule has 3 aromatic rings. The van der Waals surface area contributed by atoms with Crippen molar-refractivity contribution >= 4 is 29.1 Å². The second-order valence-electron chi connectivity index (χ2n) is 9.54. The fourth-order valence-electron chi connectivity index (χ4n) is 4.85. The first-order chi connectivity index (χ1) is 19.3. The molecule has 9 heteroatoms. The third-order valence-electron chi connectivity index (χ3n) is 7.08. The molecule has 1 aliphatic rings. The molecule has 0 bridgehead atoms. The van der Waals surface area contributed by atoms with Crippen molar-refractivity contribution in [2.45, 2.75) is 20.3 Å². The van der Waals surface area contributed by atoms with Crippen LogP contribution in [0.1, 0.15) is 51.3 Å². The second kappa shape index (κ2) is 13.1. The number of nitrogens with zero attached hydrogens (tertiary/aromatic N) is 3. The summed E-state index contributed by atoms with van der Waals surface area (Å²) in [5.74, 6) is -0.451. The van der Waals surface area contributed by atoms with Gasteiger partial charge in [0.05, 0.1) is 12.7 Å². The number of amides is 3. The maximum atomic E-state index is 13.6. The van der Waals surface area contributed by atoms with E-state index in [2.05, 4.69) is 10.2 Å². The van der Waals surface area contributed by atoms with Gasteiger partial charge in [-0.1, -0.05) is 6.07 Å². The SMILES string of the molecule is CCN(CC)C(=O)c1cc(NC(=O)c2cccc(F)c2)ccc1N1CCCN(C(=O)c2ccc(OC)cc2)CC1. The van der Waals surface area contributed by atoms with Crippen molar-refractivity contribution in [3.05, 3.63) is 89.2 Å². The Bertz CT molecular complexity index is 1360. The summed E-state index contributed by atoms with van der Waals surface area (Å²) >= 11 is 0. The Balaban J connectivity index is 1.56. The van der Waals surface area contributed by atoms with E-state index in [0.717, 1.165) is 12.1 Å². The fraction of sp³-hybridized carbons (Fsp3) is 0.323. The molecular formula is C31H35FN4O4. The number of methoxy groups -OCH3 is 1. The molecule has 1 fully saturated rings. The molecule has 4 rings (SSSR count). The highest BCUT2D eigenvalue weighted by atomic mass is 19.1. The lowest BCUT2D eigenvalue weighted by Gasteiger charge is -2.28. The highest BCUT2D eigenvalue weighted by molar-refractivity contribution is 6.06. The second-order valence-corrected chi connectivity index (χ2v) is 9.54. The van der Waals surface area contributed by atoms with Gasteiger partial charge in [0.25, 0.3) is 17.7 Å². The summed E-state index contributed by atoms with van der Waals surface area (Å²) in [6, 6.07) is 17.8. The van der Waals surface area contributed by atoms with Crippen LogP contribution in [-0.4, -0.2) is 73.9 Å². The van der Waals surface area contributed by atoms with Crippen LogP contribution in [0.2, 0.25) is 0 Å². The molecule has 0 radical (unpaired) electrons. The smallest absolute Gasteiger partial charge is 0.256 e. The fourth-order valence-corrected chi connectivity index (χ4v) is 4.85. The van der Waals surface area contributed by atoms with Gasteiger partial charge in [-0.25, -0.2) is 4.39 Å². The molecule has 0 aliphatic carbocycles. The molecule has 3 aromatic carbocycles. The van der Waals surface area contributed by atoms with Crippen molar-refractivity contribution in [1.29, 1.82) is 0 Å². The molecule has 0 aromatic heterocycles. The van der Waals surface area contributed by atoms with Gasteiger partial charge in [0, 0.05) is 61.8 Å². The van der Waals surface area contributed by atoms with Gasteiger partial charge in [-0.05, 0) is 80.9 Å². The van der Waals surface area contributed by atoms with Gasteiger partial charge < -0.3 is 24.8 Å². The molecule has 3 amide bonds. The summed E-state index contributed by atoms with van der Waals surface area (Å²) in [4.78, 5) is 45.2. The van der Waals surface area contributed by atoms with Crippen molar-refractivity contribution in [2.24, 2.45) is 0 Å². The quantitative estimate of drug-likeness (QED) is 0.434. The lowest BCUT2D eigenvalue weighted by atomic mass is 10.1. The molecule has 0 saturated carbocycles. The number of rotatable bonds is 8. The lowest BCUT2D eigenvalue weighted by molar-refractivity contribution is 0.0760. The Hall–Kier alpha value is -4.40. The molecule has 0 atom stereocenters. The number of nitrogens with one attached hydrogen (secondary N) is 1. The summed E-state index contributed by atoms with van der Waals surface area (Å²) in [5, 5.41) is 2.79. The third-order valence-corrected chi connectivity index (χ3v) is 7.08. The third kappa shape index (κ3) is 6.59. The van der Waals surface area contributed by atoms with Gasteiger partial charge in [0.1, 0.15) is 11.6 Å². The van der Waals surface area contributed by atoms with E-state index in [0.29, 0.717) is 61.8 Å².